The number of carbonyl (C=O) groups excluding carboxylic acids is 2. The van der Waals surface area contributed by atoms with E-state index in [1.807, 2.05) is 36.4 Å². The molecule has 2 aromatic carbocycles. The molecule has 0 aromatic heterocycles. The van der Waals surface area contributed by atoms with Crippen molar-refractivity contribution in [3.63, 3.8) is 0 Å². The first-order chi connectivity index (χ1) is 13.0. The minimum absolute atomic E-state index is 0.0108. The lowest BCUT2D eigenvalue weighted by Gasteiger charge is -2.21. The van der Waals surface area contributed by atoms with E-state index in [-0.39, 0.29) is 31.3 Å². The van der Waals surface area contributed by atoms with Crippen LogP contribution in [0.15, 0.2) is 60.7 Å². The largest absolute Gasteiger partial charge is 0.481 e. The van der Waals surface area contributed by atoms with E-state index in [1.165, 1.54) is 6.92 Å². The Balaban J connectivity index is 1.86. The number of carboxylic acids is 1. The van der Waals surface area contributed by atoms with E-state index >= 15 is 0 Å². The van der Waals surface area contributed by atoms with Gasteiger partial charge in [-0.25, -0.2) is 0 Å². The highest BCUT2D eigenvalue weighted by Crippen LogP contribution is 2.14. The van der Waals surface area contributed by atoms with E-state index in [4.69, 9.17) is 0 Å². The van der Waals surface area contributed by atoms with Gasteiger partial charge >= 0.3 is 5.97 Å². The first-order valence-electron chi connectivity index (χ1n) is 8.81. The molecule has 0 aliphatic rings. The molecule has 2 N–H and O–H groups in total. The predicted molar refractivity (Wildman–Crippen MR) is 102 cm³/mol. The van der Waals surface area contributed by atoms with Crippen molar-refractivity contribution in [3.8, 4) is 0 Å². The number of carboxylic acid groups (broad SMARTS) is 1. The highest BCUT2D eigenvalue weighted by molar-refractivity contribution is 5.80. The molecule has 2 rings (SSSR count). The van der Waals surface area contributed by atoms with Crippen molar-refractivity contribution in [2.24, 2.45) is 0 Å². The molecular weight excluding hydrogens is 344 g/mol. The highest BCUT2D eigenvalue weighted by Gasteiger charge is 2.20. The topological polar surface area (TPSA) is 86.7 Å². The zero-order valence-corrected chi connectivity index (χ0v) is 15.3. The van der Waals surface area contributed by atoms with Crippen molar-refractivity contribution < 1.29 is 19.5 Å². The first-order valence-corrected chi connectivity index (χ1v) is 8.81. The van der Waals surface area contributed by atoms with Gasteiger partial charge in [0.25, 0.3) is 0 Å². The molecule has 0 fully saturated rings. The summed E-state index contributed by atoms with van der Waals surface area (Å²) in [6.07, 6.45) is 0.119. The summed E-state index contributed by atoms with van der Waals surface area (Å²) >= 11 is 0. The zero-order valence-electron chi connectivity index (χ0n) is 15.3. The Morgan fingerprint density at radius 3 is 2.15 bits per heavy atom. The molecule has 1 atom stereocenters. The summed E-state index contributed by atoms with van der Waals surface area (Å²) in [5.74, 6) is -2.19. The Hall–Kier alpha value is -3.15. The summed E-state index contributed by atoms with van der Waals surface area (Å²) in [5.41, 5.74) is 1.63. The van der Waals surface area contributed by atoms with Crippen molar-refractivity contribution in [3.05, 3.63) is 71.8 Å². The second-order valence-electron chi connectivity index (χ2n) is 6.28. The molecule has 0 spiro atoms. The first kappa shape index (κ1) is 20.2. The molecule has 0 radical (unpaired) electrons. The van der Waals surface area contributed by atoms with Crippen LogP contribution in [-0.4, -0.2) is 40.9 Å². The van der Waals surface area contributed by atoms with Gasteiger partial charge in [0.2, 0.25) is 11.8 Å². The fourth-order valence-corrected chi connectivity index (χ4v) is 2.73. The molecule has 0 aliphatic carbocycles. The summed E-state index contributed by atoms with van der Waals surface area (Å²) in [6, 6.07) is 18.3. The maximum absolute atomic E-state index is 12.1. The van der Waals surface area contributed by atoms with E-state index in [0.29, 0.717) is 12.1 Å². The molecular formula is C21H24N2O4. The van der Waals surface area contributed by atoms with E-state index in [0.717, 1.165) is 5.56 Å². The van der Waals surface area contributed by atoms with Gasteiger partial charge in [-0.2, -0.15) is 0 Å². The van der Waals surface area contributed by atoms with E-state index in [9.17, 15) is 19.5 Å². The molecule has 0 saturated heterocycles. The monoisotopic (exact) mass is 368 g/mol. The lowest BCUT2D eigenvalue weighted by molar-refractivity contribution is -0.138. The maximum Gasteiger partial charge on any atom is 0.312 e. The number of hydrogen-bond donors (Lipinski definition) is 2. The van der Waals surface area contributed by atoms with Gasteiger partial charge in [-0.1, -0.05) is 60.7 Å². The number of benzene rings is 2. The molecule has 0 aliphatic heterocycles. The van der Waals surface area contributed by atoms with Crippen molar-refractivity contribution in [1.82, 2.24) is 10.2 Å². The minimum atomic E-state index is -0.990. The van der Waals surface area contributed by atoms with Crippen LogP contribution < -0.4 is 5.32 Å². The normalized spacial score (nSPS) is 11.4. The van der Waals surface area contributed by atoms with E-state index in [1.54, 1.807) is 29.2 Å². The molecule has 2 amide bonds. The van der Waals surface area contributed by atoms with Crippen LogP contribution in [0.1, 0.15) is 30.4 Å². The summed E-state index contributed by atoms with van der Waals surface area (Å²) in [5, 5.41) is 12.1. The SMILES string of the molecule is CC(=O)N(CCC(=O)NCC(C(=O)O)c1ccccc1)Cc1ccccc1. The summed E-state index contributed by atoms with van der Waals surface area (Å²) in [6.45, 7) is 2.19. The Bertz CT molecular complexity index is 762. The van der Waals surface area contributed by atoms with Gasteiger partial charge in [0.15, 0.2) is 0 Å². The average molecular weight is 368 g/mol. The van der Waals surface area contributed by atoms with Gasteiger partial charge in [0, 0.05) is 33.0 Å². The molecule has 27 heavy (non-hydrogen) atoms. The number of rotatable bonds is 9. The molecule has 142 valence electrons. The third kappa shape index (κ3) is 6.58. The third-order valence-electron chi connectivity index (χ3n) is 4.27. The van der Waals surface area contributed by atoms with Gasteiger partial charge in [-0.15, -0.1) is 0 Å². The van der Waals surface area contributed by atoms with Gasteiger partial charge in [-0.3, -0.25) is 14.4 Å². The summed E-state index contributed by atoms with van der Waals surface area (Å²) in [4.78, 5) is 37.0. The number of hydrogen-bond acceptors (Lipinski definition) is 3. The number of nitrogens with one attached hydrogen (secondary N) is 1. The molecule has 0 bridgehead atoms. The molecule has 6 nitrogen and oxygen atoms in total. The number of aliphatic carboxylic acids is 1. The zero-order chi connectivity index (χ0) is 19.6. The van der Waals surface area contributed by atoms with Gasteiger partial charge in [0.05, 0.1) is 5.92 Å². The van der Waals surface area contributed by atoms with Crippen molar-refractivity contribution in [2.45, 2.75) is 25.8 Å². The smallest absolute Gasteiger partial charge is 0.312 e. The van der Waals surface area contributed by atoms with E-state index in [2.05, 4.69) is 5.32 Å². The summed E-state index contributed by atoms with van der Waals surface area (Å²) in [7, 11) is 0. The summed E-state index contributed by atoms with van der Waals surface area (Å²) < 4.78 is 0. The maximum atomic E-state index is 12.1. The lowest BCUT2D eigenvalue weighted by atomic mass is 9.99. The minimum Gasteiger partial charge on any atom is -0.481 e. The number of nitrogens with zero attached hydrogens (tertiary/aromatic N) is 1. The standard InChI is InChI=1S/C21H24N2O4/c1-16(24)23(15-17-8-4-2-5-9-17)13-12-20(25)22-14-19(21(26)27)18-10-6-3-7-11-18/h2-11,19H,12-15H2,1H3,(H,22,25)(H,26,27). The van der Waals surface area contributed by atoms with Gasteiger partial charge in [-0.05, 0) is 11.1 Å². The predicted octanol–water partition coefficient (Wildman–Crippen LogP) is 2.41. The molecule has 6 heteroatoms. The van der Waals surface area contributed by atoms with Crippen molar-refractivity contribution in [2.75, 3.05) is 13.1 Å². The molecule has 1 unspecified atom stereocenters. The van der Waals surface area contributed by atoms with Crippen LogP contribution in [0.2, 0.25) is 0 Å². The van der Waals surface area contributed by atoms with Gasteiger partial charge < -0.3 is 15.3 Å². The van der Waals surface area contributed by atoms with Crippen LogP contribution >= 0.6 is 0 Å². The number of carbonyl (C=O) groups is 3. The Morgan fingerprint density at radius 2 is 1.59 bits per heavy atom. The van der Waals surface area contributed by atoms with Crippen LogP contribution in [0.3, 0.4) is 0 Å². The fourth-order valence-electron chi connectivity index (χ4n) is 2.73. The second-order valence-corrected chi connectivity index (χ2v) is 6.28. The van der Waals surface area contributed by atoms with Crippen LogP contribution in [0.4, 0.5) is 0 Å². The second kappa shape index (κ2) is 10.1. The quantitative estimate of drug-likeness (QED) is 0.712. The van der Waals surface area contributed by atoms with Crippen LogP contribution in [-0.2, 0) is 20.9 Å². The molecule has 2 aromatic rings. The van der Waals surface area contributed by atoms with Crippen LogP contribution in [0.5, 0.6) is 0 Å². The molecule has 0 heterocycles. The Labute approximate surface area is 158 Å². The van der Waals surface area contributed by atoms with Crippen molar-refractivity contribution >= 4 is 17.8 Å². The van der Waals surface area contributed by atoms with Crippen molar-refractivity contribution in [1.29, 1.82) is 0 Å². The van der Waals surface area contributed by atoms with Gasteiger partial charge in [0.1, 0.15) is 0 Å². The lowest BCUT2D eigenvalue weighted by Crippen LogP contribution is -2.36. The highest BCUT2D eigenvalue weighted by atomic mass is 16.4. The number of amides is 2. The Morgan fingerprint density at radius 1 is 1.00 bits per heavy atom. The average Bonchev–Trinajstić information content (AvgIpc) is 2.66. The van der Waals surface area contributed by atoms with E-state index < -0.39 is 11.9 Å². The fraction of sp³-hybridized carbons (Fsp3) is 0.286. The third-order valence-corrected chi connectivity index (χ3v) is 4.27. The van der Waals surface area contributed by atoms with Crippen LogP contribution in [0.25, 0.3) is 0 Å². The Kier molecular flexibility index (Phi) is 7.55. The molecule has 0 saturated carbocycles. The van der Waals surface area contributed by atoms with Crippen LogP contribution in [0, 0.1) is 0 Å².